The lowest BCUT2D eigenvalue weighted by atomic mass is 9.85. The average Bonchev–Trinajstić information content (AvgIpc) is 3.47. The molecule has 58 heavy (non-hydrogen) atoms. The molecule has 1 aliphatic rings. The number of aliphatic hydroxyl groups is 3. The van der Waals surface area contributed by atoms with Crippen molar-refractivity contribution in [1.29, 1.82) is 0 Å². The van der Waals surface area contributed by atoms with Crippen molar-refractivity contribution < 1.29 is 39.2 Å². The molecular weight excluding hydrogens is 735 g/mol. The van der Waals surface area contributed by atoms with Gasteiger partial charge in [-0.15, -0.1) is 0 Å². The average molecular weight is 794 g/mol. The zero-order valence-corrected chi connectivity index (χ0v) is 33.9. The van der Waals surface area contributed by atoms with Gasteiger partial charge in [-0.2, -0.15) is 0 Å². The molecule has 0 spiro atoms. The molecule has 1 aliphatic carbocycles. The summed E-state index contributed by atoms with van der Waals surface area (Å²) in [5.41, 5.74) is 2.54. The van der Waals surface area contributed by atoms with Gasteiger partial charge in [-0.3, -0.25) is 14.6 Å². The maximum Gasteiger partial charge on any atom is 0.407 e. The van der Waals surface area contributed by atoms with E-state index in [4.69, 9.17) is 9.47 Å². The number of nitrogens with zero attached hydrogens (tertiary/aromatic N) is 1. The number of ether oxygens (including phenoxy) is 2. The van der Waals surface area contributed by atoms with Crippen LogP contribution in [0.2, 0.25) is 0 Å². The van der Waals surface area contributed by atoms with Crippen molar-refractivity contribution in [1.82, 2.24) is 10.3 Å². The van der Waals surface area contributed by atoms with Gasteiger partial charge in [-0.25, -0.2) is 4.79 Å². The number of nitrogens with one attached hydrogen (secondary N) is 2. The molecule has 1 fully saturated rings. The van der Waals surface area contributed by atoms with E-state index in [1.807, 2.05) is 48.6 Å². The van der Waals surface area contributed by atoms with Crippen molar-refractivity contribution >= 4 is 34.4 Å². The Labute approximate surface area is 341 Å². The van der Waals surface area contributed by atoms with Crippen LogP contribution in [0.5, 0.6) is 0 Å². The third kappa shape index (κ3) is 14.1. The summed E-state index contributed by atoms with van der Waals surface area (Å²) >= 11 is 0. The Hall–Kier alpha value is -5.10. The molecule has 4 aromatic rings. The van der Waals surface area contributed by atoms with Crippen molar-refractivity contribution in [2.24, 2.45) is 11.8 Å². The first-order valence-corrected chi connectivity index (χ1v) is 20.4. The van der Waals surface area contributed by atoms with E-state index >= 15 is 0 Å². The molecule has 3 aromatic carbocycles. The highest BCUT2D eigenvalue weighted by atomic mass is 16.6. The van der Waals surface area contributed by atoms with Gasteiger partial charge in [0, 0.05) is 36.4 Å². The van der Waals surface area contributed by atoms with E-state index < -0.39 is 35.9 Å². The molecule has 11 heteroatoms. The number of unbranched alkanes of at least 4 members (excludes halogenated alkanes) is 1. The van der Waals surface area contributed by atoms with E-state index in [1.54, 1.807) is 63.5 Å². The number of hydrogen-bond acceptors (Lipinski definition) is 9. The molecular formula is C47H59N3O8. The number of anilines is 1. The summed E-state index contributed by atoms with van der Waals surface area (Å²) in [6.45, 7) is 5.39. The molecule has 0 bridgehead atoms. The van der Waals surface area contributed by atoms with Crippen LogP contribution in [0.4, 0.5) is 10.5 Å². The van der Waals surface area contributed by atoms with Crippen molar-refractivity contribution in [3.8, 4) is 0 Å². The maximum absolute atomic E-state index is 13.6. The molecule has 6 atom stereocenters. The summed E-state index contributed by atoms with van der Waals surface area (Å²) in [4.78, 5) is 42.8. The number of rotatable bonds is 19. The van der Waals surface area contributed by atoms with Gasteiger partial charge in [0.05, 0.1) is 24.2 Å². The molecule has 2 amide bonds. The highest BCUT2D eigenvalue weighted by molar-refractivity contribution is 5.98. The van der Waals surface area contributed by atoms with E-state index in [-0.39, 0.29) is 43.3 Å². The van der Waals surface area contributed by atoms with Crippen LogP contribution in [-0.2, 0) is 32.1 Å². The highest BCUT2D eigenvalue weighted by Gasteiger charge is 2.40. The number of fused-ring (bicyclic) bond motifs is 1. The van der Waals surface area contributed by atoms with Crippen molar-refractivity contribution in [3.05, 3.63) is 120 Å². The third-order valence-corrected chi connectivity index (χ3v) is 10.6. The Morgan fingerprint density at radius 3 is 2.41 bits per heavy atom. The number of aromatic nitrogens is 1. The number of carbonyl (C=O) groups excluding carboxylic acids is 3. The van der Waals surface area contributed by atoms with Gasteiger partial charge in [0.2, 0.25) is 5.91 Å². The summed E-state index contributed by atoms with van der Waals surface area (Å²) in [7, 11) is 0. The standard InChI is InChI=1S/C47H59N3O8/c1-47(2,3)58-46(56)49-30-41(45(55)50-37-21-20-36-29-48-26-25-35(36)27-37)34-18-15-33(16-19-34)31-57-44(54)14-10-5-4-9-13-39-40(43(53)28-42(39)52)24-23-38(51)22-17-32-11-7-6-8-12-32/h4,6-9,11-12,15-16,18-21,25-27,29,38-43,51-53H,5,10,13-14,17,22-24,28,30-31H2,1-3H3,(H,49,56)(H,50,55)/b9-4-/t38?,39-,40-,41?,42+,43-/m1/s1. The van der Waals surface area contributed by atoms with Crippen LogP contribution < -0.4 is 10.6 Å². The quantitative estimate of drug-likeness (QED) is 0.0362. The number of carbonyl (C=O) groups is 3. The van der Waals surface area contributed by atoms with Gasteiger partial charge in [-0.05, 0) is 124 Å². The van der Waals surface area contributed by atoms with E-state index in [0.717, 1.165) is 22.8 Å². The van der Waals surface area contributed by atoms with Crippen molar-refractivity contribution in [3.63, 3.8) is 0 Å². The lowest BCUT2D eigenvalue weighted by Gasteiger charge is -2.23. The molecule has 1 aromatic heterocycles. The van der Waals surface area contributed by atoms with Crippen LogP contribution in [0.1, 0.15) is 94.7 Å². The number of benzene rings is 3. The molecule has 0 aliphatic heterocycles. The summed E-state index contributed by atoms with van der Waals surface area (Å²) in [6, 6.07) is 24.7. The van der Waals surface area contributed by atoms with Gasteiger partial charge in [0.15, 0.2) is 0 Å². The second-order valence-electron chi connectivity index (χ2n) is 16.3. The number of allylic oxidation sites excluding steroid dienone is 2. The minimum atomic E-state index is -0.735. The number of aryl methyl sites for hydroxylation is 1. The molecule has 1 heterocycles. The predicted octanol–water partition coefficient (Wildman–Crippen LogP) is 7.77. The van der Waals surface area contributed by atoms with Crippen LogP contribution in [0, 0.1) is 11.8 Å². The zero-order valence-electron chi connectivity index (χ0n) is 33.9. The van der Waals surface area contributed by atoms with Crippen LogP contribution in [0.25, 0.3) is 10.8 Å². The number of hydrogen-bond donors (Lipinski definition) is 5. The van der Waals surface area contributed by atoms with Gasteiger partial charge in [0.1, 0.15) is 12.2 Å². The van der Waals surface area contributed by atoms with E-state index in [0.29, 0.717) is 56.2 Å². The third-order valence-electron chi connectivity index (χ3n) is 10.6. The fourth-order valence-corrected chi connectivity index (χ4v) is 7.48. The summed E-state index contributed by atoms with van der Waals surface area (Å²) < 4.78 is 10.9. The van der Waals surface area contributed by atoms with Crippen LogP contribution >= 0.6 is 0 Å². The van der Waals surface area contributed by atoms with Gasteiger partial charge in [-0.1, -0.05) is 72.8 Å². The minimum Gasteiger partial charge on any atom is -0.461 e. The van der Waals surface area contributed by atoms with Gasteiger partial charge >= 0.3 is 12.1 Å². The molecule has 5 N–H and O–H groups in total. The van der Waals surface area contributed by atoms with Gasteiger partial charge < -0.3 is 35.4 Å². The Kier molecular flexibility index (Phi) is 16.4. The van der Waals surface area contributed by atoms with Crippen molar-refractivity contribution in [2.45, 2.75) is 115 Å². The molecule has 5 rings (SSSR count). The smallest absolute Gasteiger partial charge is 0.407 e. The number of pyridine rings is 1. The van der Waals surface area contributed by atoms with Crippen LogP contribution in [0.15, 0.2) is 103 Å². The number of aliphatic hydroxyl groups excluding tert-OH is 3. The molecule has 0 saturated heterocycles. The number of esters is 1. The number of alkyl carbamates (subject to hydrolysis) is 1. The highest BCUT2D eigenvalue weighted by Crippen LogP contribution is 2.38. The SMILES string of the molecule is CC(C)(C)OC(=O)NCC(C(=O)Nc1ccc2cnccc2c1)c1ccc(COC(=O)CCC/C=C\C[C@@H]2[C@@H](CCC(O)CCc3ccccc3)[C@H](O)C[C@@H]2O)cc1. The predicted molar refractivity (Wildman–Crippen MR) is 225 cm³/mol. The van der Waals surface area contributed by atoms with Gasteiger partial charge in [0.25, 0.3) is 0 Å². The van der Waals surface area contributed by atoms with E-state index in [1.165, 1.54) is 5.56 Å². The Morgan fingerprint density at radius 2 is 1.66 bits per heavy atom. The fourth-order valence-electron chi connectivity index (χ4n) is 7.48. The van der Waals surface area contributed by atoms with Crippen LogP contribution in [0.3, 0.4) is 0 Å². The monoisotopic (exact) mass is 793 g/mol. The molecule has 11 nitrogen and oxygen atoms in total. The molecule has 0 radical (unpaired) electrons. The topological polar surface area (TPSA) is 167 Å². The summed E-state index contributed by atoms with van der Waals surface area (Å²) in [5, 5.41) is 39.4. The summed E-state index contributed by atoms with van der Waals surface area (Å²) in [6.07, 6.45) is 10.5. The normalized spacial score (nSPS) is 19.1. The molecule has 1 saturated carbocycles. The summed E-state index contributed by atoms with van der Waals surface area (Å²) in [5.74, 6) is -1.50. The first-order chi connectivity index (χ1) is 27.8. The zero-order chi connectivity index (χ0) is 41.5. The fraction of sp³-hybridized carbons (Fsp3) is 0.447. The Bertz CT molecular complexity index is 1950. The Morgan fingerprint density at radius 1 is 0.897 bits per heavy atom. The lowest BCUT2D eigenvalue weighted by Crippen LogP contribution is -2.37. The second-order valence-corrected chi connectivity index (χ2v) is 16.3. The van der Waals surface area contributed by atoms with Crippen molar-refractivity contribution in [2.75, 3.05) is 11.9 Å². The largest absolute Gasteiger partial charge is 0.461 e. The second kappa shape index (κ2) is 21.6. The lowest BCUT2D eigenvalue weighted by molar-refractivity contribution is -0.145. The van der Waals surface area contributed by atoms with Crippen LogP contribution in [-0.4, -0.2) is 68.7 Å². The maximum atomic E-state index is 13.6. The first-order valence-electron chi connectivity index (χ1n) is 20.4. The molecule has 310 valence electrons. The van der Waals surface area contributed by atoms with E-state index in [2.05, 4.69) is 27.8 Å². The number of amides is 2. The molecule has 2 unspecified atom stereocenters. The Balaban J connectivity index is 1.05. The minimum absolute atomic E-state index is 0.00447. The first kappa shape index (κ1) is 44.0. The van der Waals surface area contributed by atoms with E-state index in [9.17, 15) is 29.7 Å².